The number of hydrogen-bond donors (Lipinski definition) is 2. The summed E-state index contributed by atoms with van der Waals surface area (Å²) in [6.45, 7) is 3.40. The van der Waals surface area contributed by atoms with Gasteiger partial charge in [-0.2, -0.15) is 0 Å². The third-order valence-corrected chi connectivity index (χ3v) is 3.96. The SMILES string of the molecule is COCCN1CC2=C(C1=O)C(c1cccc(C)c1)NC(=O)N2. The van der Waals surface area contributed by atoms with E-state index < -0.39 is 6.04 Å². The number of urea groups is 1. The van der Waals surface area contributed by atoms with Crippen LogP contribution in [0.25, 0.3) is 0 Å². The van der Waals surface area contributed by atoms with Gasteiger partial charge >= 0.3 is 6.03 Å². The maximum Gasteiger partial charge on any atom is 0.319 e. The van der Waals surface area contributed by atoms with Crippen molar-refractivity contribution in [2.24, 2.45) is 0 Å². The topological polar surface area (TPSA) is 70.7 Å². The Morgan fingerprint density at radius 1 is 1.36 bits per heavy atom. The Hall–Kier alpha value is -2.34. The number of nitrogens with one attached hydrogen (secondary N) is 2. The van der Waals surface area contributed by atoms with Crippen LogP contribution in [0.2, 0.25) is 0 Å². The van der Waals surface area contributed by atoms with Gasteiger partial charge in [0.1, 0.15) is 0 Å². The molecule has 1 aromatic carbocycles. The van der Waals surface area contributed by atoms with Gasteiger partial charge in [0.15, 0.2) is 0 Å². The molecule has 2 aliphatic heterocycles. The van der Waals surface area contributed by atoms with Crippen molar-refractivity contribution in [2.45, 2.75) is 13.0 Å². The van der Waals surface area contributed by atoms with Gasteiger partial charge in [-0.05, 0) is 12.5 Å². The number of hydrogen-bond acceptors (Lipinski definition) is 3. The van der Waals surface area contributed by atoms with E-state index in [1.807, 2.05) is 31.2 Å². The summed E-state index contributed by atoms with van der Waals surface area (Å²) in [6, 6.07) is 7.17. The lowest BCUT2D eigenvalue weighted by molar-refractivity contribution is -0.126. The largest absolute Gasteiger partial charge is 0.383 e. The van der Waals surface area contributed by atoms with Crippen LogP contribution in [0.5, 0.6) is 0 Å². The van der Waals surface area contributed by atoms with E-state index in [1.54, 1.807) is 12.0 Å². The first-order valence-electron chi connectivity index (χ1n) is 7.25. The van der Waals surface area contributed by atoms with E-state index in [1.165, 1.54) is 0 Å². The molecule has 3 amide bonds. The van der Waals surface area contributed by atoms with E-state index in [0.717, 1.165) is 11.1 Å². The van der Waals surface area contributed by atoms with Gasteiger partial charge in [0.2, 0.25) is 0 Å². The summed E-state index contributed by atoms with van der Waals surface area (Å²) in [7, 11) is 1.60. The maximum absolute atomic E-state index is 12.6. The van der Waals surface area contributed by atoms with Crippen LogP contribution in [0.4, 0.5) is 4.79 Å². The molecule has 0 aromatic heterocycles. The van der Waals surface area contributed by atoms with Crippen molar-refractivity contribution >= 4 is 11.9 Å². The first-order chi connectivity index (χ1) is 10.6. The molecule has 3 rings (SSSR count). The second kappa shape index (κ2) is 5.81. The molecule has 1 aromatic rings. The molecule has 0 spiro atoms. The minimum Gasteiger partial charge on any atom is -0.383 e. The lowest BCUT2D eigenvalue weighted by Crippen LogP contribution is -2.44. The predicted octanol–water partition coefficient (Wildman–Crippen LogP) is 1.09. The van der Waals surface area contributed by atoms with Gasteiger partial charge in [-0.3, -0.25) is 4.79 Å². The number of carbonyl (C=O) groups excluding carboxylic acids is 2. The molecule has 0 saturated carbocycles. The Labute approximate surface area is 129 Å². The summed E-state index contributed by atoms with van der Waals surface area (Å²) in [5, 5.41) is 5.61. The third-order valence-electron chi connectivity index (χ3n) is 3.96. The van der Waals surface area contributed by atoms with Gasteiger partial charge in [-0.25, -0.2) is 4.79 Å². The molecule has 0 radical (unpaired) electrons. The first-order valence-corrected chi connectivity index (χ1v) is 7.25. The summed E-state index contributed by atoms with van der Waals surface area (Å²) in [5.41, 5.74) is 3.33. The Balaban J connectivity index is 1.92. The second-order valence-corrected chi connectivity index (χ2v) is 5.56. The molecular weight excluding hydrogens is 282 g/mol. The fraction of sp³-hybridized carbons (Fsp3) is 0.375. The van der Waals surface area contributed by atoms with Gasteiger partial charge in [0.05, 0.1) is 30.5 Å². The first kappa shape index (κ1) is 14.6. The number of methoxy groups -OCH3 is 1. The van der Waals surface area contributed by atoms with Crippen LogP contribution in [0.3, 0.4) is 0 Å². The normalized spacial score (nSPS) is 20.8. The smallest absolute Gasteiger partial charge is 0.319 e. The predicted molar refractivity (Wildman–Crippen MR) is 81.1 cm³/mol. The van der Waals surface area contributed by atoms with Crippen molar-refractivity contribution < 1.29 is 14.3 Å². The van der Waals surface area contributed by atoms with Crippen LogP contribution in [-0.4, -0.2) is 43.6 Å². The Morgan fingerprint density at radius 2 is 2.18 bits per heavy atom. The van der Waals surface area contributed by atoms with E-state index in [-0.39, 0.29) is 11.9 Å². The summed E-state index contributed by atoms with van der Waals surface area (Å²) in [6.07, 6.45) is 0. The molecule has 6 heteroatoms. The van der Waals surface area contributed by atoms with E-state index in [2.05, 4.69) is 10.6 Å². The highest BCUT2D eigenvalue weighted by molar-refractivity contribution is 6.01. The molecule has 0 bridgehead atoms. The number of aryl methyl sites for hydroxylation is 1. The number of carbonyl (C=O) groups is 2. The minimum atomic E-state index is -0.399. The molecular formula is C16H19N3O3. The molecule has 2 N–H and O–H groups in total. The molecule has 0 fully saturated rings. The quantitative estimate of drug-likeness (QED) is 0.874. The van der Waals surface area contributed by atoms with Gasteiger partial charge < -0.3 is 20.3 Å². The molecule has 2 heterocycles. The molecule has 0 aliphatic carbocycles. The number of amides is 3. The lowest BCUT2D eigenvalue weighted by Gasteiger charge is -2.25. The zero-order valence-electron chi connectivity index (χ0n) is 12.7. The monoisotopic (exact) mass is 301 g/mol. The van der Waals surface area contributed by atoms with Gasteiger partial charge in [0, 0.05) is 13.7 Å². The van der Waals surface area contributed by atoms with Crippen molar-refractivity contribution in [3.63, 3.8) is 0 Å². The zero-order chi connectivity index (χ0) is 15.7. The number of nitrogens with zero attached hydrogens (tertiary/aromatic N) is 1. The zero-order valence-corrected chi connectivity index (χ0v) is 12.7. The summed E-state index contributed by atoms with van der Waals surface area (Å²) in [4.78, 5) is 26.2. The Morgan fingerprint density at radius 3 is 2.91 bits per heavy atom. The van der Waals surface area contributed by atoms with Crippen molar-refractivity contribution in [3.05, 3.63) is 46.7 Å². The molecule has 1 unspecified atom stereocenters. The molecule has 22 heavy (non-hydrogen) atoms. The number of benzene rings is 1. The van der Waals surface area contributed by atoms with Crippen molar-refractivity contribution in [1.82, 2.24) is 15.5 Å². The van der Waals surface area contributed by atoms with Crippen LogP contribution in [0, 0.1) is 6.92 Å². The van der Waals surface area contributed by atoms with Gasteiger partial charge in [-0.15, -0.1) is 0 Å². The third kappa shape index (κ3) is 2.57. The molecule has 6 nitrogen and oxygen atoms in total. The van der Waals surface area contributed by atoms with E-state index in [4.69, 9.17) is 4.74 Å². The number of ether oxygens (including phenoxy) is 1. The summed E-state index contributed by atoms with van der Waals surface area (Å²) in [5.74, 6) is -0.0499. The Kier molecular flexibility index (Phi) is 3.85. The van der Waals surface area contributed by atoms with Crippen LogP contribution < -0.4 is 10.6 Å². The number of rotatable bonds is 4. The molecule has 1 atom stereocenters. The van der Waals surface area contributed by atoms with Crippen molar-refractivity contribution in [2.75, 3.05) is 26.8 Å². The van der Waals surface area contributed by atoms with Crippen molar-refractivity contribution in [1.29, 1.82) is 0 Å². The molecule has 2 aliphatic rings. The highest BCUT2D eigenvalue weighted by Crippen LogP contribution is 2.32. The molecule has 116 valence electrons. The summed E-state index contributed by atoms with van der Waals surface area (Å²) < 4.78 is 5.04. The minimum absolute atomic E-state index is 0.0499. The van der Waals surface area contributed by atoms with Gasteiger partial charge in [-0.1, -0.05) is 29.8 Å². The fourth-order valence-corrected chi connectivity index (χ4v) is 2.91. The lowest BCUT2D eigenvalue weighted by atomic mass is 9.95. The Bertz CT molecular complexity index is 654. The van der Waals surface area contributed by atoms with E-state index in [0.29, 0.717) is 31.0 Å². The second-order valence-electron chi connectivity index (χ2n) is 5.56. The average molecular weight is 301 g/mol. The van der Waals surface area contributed by atoms with Crippen LogP contribution in [0.1, 0.15) is 17.2 Å². The average Bonchev–Trinajstić information content (AvgIpc) is 2.80. The summed E-state index contributed by atoms with van der Waals surface area (Å²) >= 11 is 0. The van der Waals surface area contributed by atoms with Gasteiger partial charge in [0.25, 0.3) is 5.91 Å². The highest BCUT2D eigenvalue weighted by atomic mass is 16.5. The maximum atomic E-state index is 12.6. The van der Waals surface area contributed by atoms with E-state index >= 15 is 0 Å². The van der Waals surface area contributed by atoms with Crippen LogP contribution in [0.15, 0.2) is 35.5 Å². The van der Waals surface area contributed by atoms with Crippen LogP contribution in [-0.2, 0) is 9.53 Å². The van der Waals surface area contributed by atoms with E-state index in [9.17, 15) is 9.59 Å². The fourth-order valence-electron chi connectivity index (χ4n) is 2.91. The standard InChI is InChI=1S/C16H19N3O3/c1-10-4-3-5-11(8-10)14-13-12(17-16(21)18-14)9-19(15(13)20)6-7-22-2/h3-5,8,14H,6-7,9H2,1-2H3,(H2,17,18,21). The highest BCUT2D eigenvalue weighted by Gasteiger charge is 2.40. The van der Waals surface area contributed by atoms with Crippen LogP contribution >= 0.6 is 0 Å². The van der Waals surface area contributed by atoms with Crippen molar-refractivity contribution in [3.8, 4) is 0 Å². The molecule has 0 saturated heterocycles.